The van der Waals surface area contributed by atoms with Crippen LogP contribution in [0.5, 0.6) is 0 Å². The molecule has 5 nitrogen and oxygen atoms in total. The van der Waals surface area contributed by atoms with Crippen molar-refractivity contribution in [3.63, 3.8) is 0 Å². The topological polar surface area (TPSA) is 72.9 Å². The van der Waals surface area contributed by atoms with Gasteiger partial charge in [0, 0.05) is 18.7 Å². The van der Waals surface area contributed by atoms with Crippen molar-refractivity contribution >= 4 is 28.9 Å². The predicted octanol–water partition coefficient (Wildman–Crippen LogP) is 1.24. The van der Waals surface area contributed by atoms with E-state index in [0.717, 1.165) is 11.1 Å². The van der Waals surface area contributed by atoms with E-state index in [1.54, 1.807) is 24.0 Å². The summed E-state index contributed by atoms with van der Waals surface area (Å²) in [6.07, 6.45) is 1.93. The highest BCUT2D eigenvalue weighted by molar-refractivity contribution is 7.80. The molecule has 1 amide bonds. The molecule has 0 aliphatic carbocycles. The number of aromatic nitrogens is 2. The normalized spacial score (nSPS) is 10.2. The van der Waals surface area contributed by atoms with E-state index in [4.69, 9.17) is 18.0 Å². The summed E-state index contributed by atoms with van der Waals surface area (Å²) >= 11 is 4.87. The van der Waals surface area contributed by atoms with Gasteiger partial charge in [-0.15, -0.1) is 0 Å². The van der Waals surface area contributed by atoms with Crippen molar-refractivity contribution < 1.29 is 4.79 Å². The van der Waals surface area contributed by atoms with Crippen LogP contribution in [-0.4, -0.2) is 20.7 Å². The van der Waals surface area contributed by atoms with E-state index >= 15 is 0 Å². The van der Waals surface area contributed by atoms with Crippen LogP contribution in [0, 0.1) is 0 Å². The van der Waals surface area contributed by atoms with Gasteiger partial charge in [0.15, 0.2) is 0 Å². The van der Waals surface area contributed by atoms with Crippen molar-refractivity contribution in [1.82, 2.24) is 9.78 Å². The second-order valence-electron chi connectivity index (χ2n) is 4.13. The molecular weight excluding hydrogens is 260 g/mol. The van der Waals surface area contributed by atoms with E-state index in [2.05, 4.69) is 10.4 Å². The quantitative estimate of drug-likeness (QED) is 0.823. The highest BCUT2D eigenvalue weighted by Gasteiger charge is 2.06. The summed E-state index contributed by atoms with van der Waals surface area (Å²) in [6, 6.07) is 9.06. The molecular formula is C13H14N4OS. The van der Waals surface area contributed by atoms with Gasteiger partial charge < -0.3 is 11.1 Å². The molecule has 0 radical (unpaired) electrons. The summed E-state index contributed by atoms with van der Waals surface area (Å²) in [5, 5.41) is 6.77. The number of aryl methyl sites for hydroxylation is 1. The van der Waals surface area contributed by atoms with Crippen molar-refractivity contribution in [2.75, 3.05) is 5.32 Å². The van der Waals surface area contributed by atoms with Crippen LogP contribution in [0.3, 0.4) is 0 Å². The van der Waals surface area contributed by atoms with Crippen LogP contribution in [-0.2, 0) is 18.3 Å². The van der Waals surface area contributed by atoms with Crippen molar-refractivity contribution in [1.29, 1.82) is 0 Å². The van der Waals surface area contributed by atoms with Crippen molar-refractivity contribution in [2.24, 2.45) is 12.8 Å². The van der Waals surface area contributed by atoms with Crippen LogP contribution in [0.15, 0.2) is 36.5 Å². The molecule has 1 aromatic heterocycles. The first-order valence-electron chi connectivity index (χ1n) is 5.73. The van der Waals surface area contributed by atoms with Gasteiger partial charge in [-0.25, -0.2) is 0 Å². The fraction of sp³-hybridized carbons (Fsp3) is 0.154. The Kier molecular flexibility index (Phi) is 3.91. The fourth-order valence-electron chi connectivity index (χ4n) is 1.66. The molecule has 0 atom stereocenters. The highest BCUT2D eigenvalue weighted by atomic mass is 32.1. The number of anilines is 1. The summed E-state index contributed by atoms with van der Waals surface area (Å²) in [5.74, 6) is 0.580. The average Bonchev–Trinajstić information content (AvgIpc) is 2.75. The second-order valence-corrected chi connectivity index (χ2v) is 4.57. The summed E-state index contributed by atoms with van der Waals surface area (Å²) in [7, 11) is 1.77. The molecule has 0 fully saturated rings. The van der Waals surface area contributed by atoms with Crippen LogP contribution in [0.2, 0.25) is 0 Å². The van der Waals surface area contributed by atoms with Crippen LogP contribution < -0.4 is 11.1 Å². The number of benzene rings is 1. The van der Waals surface area contributed by atoms with Gasteiger partial charge in [0.1, 0.15) is 10.8 Å². The van der Waals surface area contributed by atoms with Crippen molar-refractivity contribution in [3.8, 4) is 0 Å². The van der Waals surface area contributed by atoms with Gasteiger partial charge in [-0.05, 0) is 5.56 Å². The molecule has 6 heteroatoms. The van der Waals surface area contributed by atoms with Crippen LogP contribution >= 0.6 is 12.2 Å². The van der Waals surface area contributed by atoms with Gasteiger partial charge >= 0.3 is 0 Å². The molecule has 2 rings (SSSR count). The molecule has 0 aliphatic rings. The first kappa shape index (κ1) is 13.2. The molecule has 1 aromatic carbocycles. The van der Waals surface area contributed by atoms with E-state index < -0.39 is 0 Å². The Morgan fingerprint density at radius 1 is 1.37 bits per heavy atom. The molecule has 0 unspecified atom stereocenters. The molecule has 0 bridgehead atoms. The zero-order valence-electron chi connectivity index (χ0n) is 10.5. The van der Waals surface area contributed by atoms with E-state index in [0.29, 0.717) is 17.2 Å². The predicted molar refractivity (Wildman–Crippen MR) is 77.9 cm³/mol. The van der Waals surface area contributed by atoms with Crippen LogP contribution in [0.25, 0.3) is 0 Å². The zero-order valence-corrected chi connectivity index (χ0v) is 11.3. The van der Waals surface area contributed by atoms with Crippen molar-refractivity contribution in [2.45, 2.75) is 6.42 Å². The number of carbonyl (C=O) groups is 1. The Morgan fingerprint density at radius 3 is 2.58 bits per heavy atom. The molecule has 0 spiro atoms. The van der Waals surface area contributed by atoms with E-state index in [1.807, 2.05) is 24.3 Å². The minimum atomic E-state index is -0.0910. The van der Waals surface area contributed by atoms with Crippen molar-refractivity contribution in [3.05, 3.63) is 47.7 Å². The highest BCUT2D eigenvalue weighted by Crippen LogP contribution is 2.08. The lowest BCUT2D eigenvalue weighted by molar-refractivity contribution is -0.115. The average molecular weight is 274 g/mol. The SMILES string of the molecule is Cn1nccc1NC(=O)Cc1ccc(C(N)=S)cc1. The Morgan fingerprint density at radius 2 is 2.05 bits per heavy atom. The third-order valence-corrected chi connectivity index (χ3v) is 2.93. The van der Waals surface area contributed by atoms with Gasteiger partial charge in [-0.2, -0.15) is 5.10 Å². The Bertz CT molecular complexity index is 603. The number of rotatable bonds is 4. The number of thiocarbonyl (C=S) groups is 1. The maximum atomic E-state index is 11.8. The number of carbonyl (C=O) groups excluding carboxylic acids is 1. The first-order valence-corrected chi connectivity index (χ1v) is 6.13. The largest absolute Gasteiger partial charge is 0.389 e. The number of nitrogens with two attached hydrogens (primary N) is 1. The summed E-state index contributed by atoms with van der Waals surface area (Å²) in [4.78, 5) is 12.2. The molecule has 2 aromatic rings. The first-order chi connectivity index (χ1) is 9.06. The second kappa shape index (κ2) is 5.62. The van der Waals surface area contributed by atoms with Crippen LogP contribution in [0.4, 0.5) is 5.82 Å². The van der Waals surface area contributed by atoms with Gasteiger partial charge in [-0.3, -0.25) is 9.48 Å². The molecule has 1 heterocycles. The number of hydrogen-bond acceptors (Lipinski definition) is 3. The molecule has 0 saturated carbocycles. The zero-order chi connectivity index (χ0) is 13.8. The minimum absolute atomic E-state index is 0.0910. The van der Waals surface area contributed by atoms with E-state index in [9.17, 15) is 4.79 Å². The molecule has 98 valence electrons. The third kappa shape index (κ3) is 3.38. The number of nitrogens with zero attached hydrogens (tertiary/aromatic N) is 2. The Labute approximate surface area is 116 Å². The minimum Gasteiger partial charge on any atom is -0.389 e. The molecule has 0 aliphatic heterocycles. The standard InChI is InChI=1S/C13H14N4OS/c1-17-11(6-7-15-17)16-12(18)8-9-2-4-10(5-3-9)13(14)19/h2-7H,8H2,1H3,(H2,14,19)(H,16,18). The lowest BCUT2D eigenvalue weighted by Crippen LogP contribution is -2.16. The van der Waals surface area contributed by atoms with Gasteiger partial charge in [0.05, 0.1) is 12.6 Å². The van der Waals surface area contributed by atoms with Gasteiger partial charge in [0.25, 0.3) is 0 Å². The molecule has 0 saturated heterocycles. The third-order valence-electron chi connectivity index (χ3n) is 2.69. The van der Waals surface area contributed by atoms with Gasteiger partial charge in [0.2, 0.25) is 5.91 Å². The molecule has 3 N–H and O–H groups in total. The monoisotopic (exact) mass is 274 g/mol. The maximum absolute atomic E-state index is 11.8. The maximum Gasteiger partial charge on any atom is 0.229 e. The smallest absolute Gasteiger partial charge is 0.229 e. The summed E-state index contributed by atoms with van der Waals surface area (Å²) in [6.45, 7) is 0. The lowest BCUT2D eigenvalue weighted by atomic mass is 10.1. The fourth-order valence-corrected chi connectivity index (χ4v) is 1.79. The number of nitrogens with one attached hydrogen (secondary N) is 1. The number of amides is 1. The molecule has 19 heavy (non-hydrogen) atoms. The van der Waals surface area contributed by atoms with E-state index in [-0.39, 0.29) is 5.91 Å². The van der Waals surface area contributed by atoms with E-state index in [1.165, 1.54) is 0 Å². The Balaban J connectivity index is 1.99. The Hall–Kier alpha value is -2.21. The summed E-state index contributed by atoms with van der Waals surface area (Å²) in [5.41, 5.74) is 7.21. The number of hydrogen-bond donors (Lipinski definition) is 2. The lowest BCUT2D eigenvalue weighted by Gasteiger charge is -2.06. The van der Waals surface area contributed by atoms with Gasteiger partial charge in [-0.1, -0.05) is 36.5 Å². The summed E-state index contributed by atoms with van der Waals surface area (Å²) < 4.78 is 1.61. The van der Waals surface area contributed by atoms with Crippen LogP contribution in [0.1, 0.15) is 11.1 Å².